The van der Waals surface area contributed by atoms with E-state index in [0.29, 0.717) is 46.4 Å². The maximum atomic E-state index is 12.2. The number of pyridine rings is 1. The first kappa shape index (κ1) is 23.2. The zero-order valence-corrected chi connectivity index (χ0v) is 19.2. The lowest BCUT2D eigenvalue weighted by Gasteiger charge is -2.22. The number of hydrogen-bond acceptors (Lipinski definition) is 5. The van der Waals surface area contributed by atoms with Crippen molar-refractivity contribution in [3.8, 4) is 17.2 Å². The van der Waals surface area contributed by atoms with Crippen LogP contribution in [0.5, 0.6) is 17.2 Å². The number of aldehydes is 1. The summed E-state index contributed by atoms with van der Waals surface area (Å²) in [7, 11) is 3.04. The molecule has 1 aromatic heterocycles. The Balaban J connectivity index is 2.02. The first-order valence-electron chi connectivity index (χ1n) is 9.36. The number of nitrogens with zero attached hydrogens (tertiary/aromatic N) is 1. The highest BCUT2D eigenvalue weighted by atomic mass is 35.5. The lowest BCUT2D eigenvalue weighted by molar-refractivity contribution is -0.108. The molecule has 8 heteroatoms. The van der Waals surface area contributed by atoms with Crippen LogP contribution >= 0.6 is 34.8 Å². The van der Waals surface area contributed by atoms with E-state index in [2.05, 4.69) is 4.98 Å². The fraction of sp³-hybridized carbons (Fsp3) is 0.217. The van der Waals surface area contributed by atoms with E-state index in [1.54, 1.807) is 12.1 Å². The van der Waals surface area contributed by atoms with E-state index in [-0.39, 0.29) is 10.0 Å². The van der Waals surface area contributed by atoms with Gasteiger partial charge >= 0.3 is 0 Å². The van der Waals surface area contributed by atoms with Crippen LogP contribution in [0.1, 0.15) is 22.6 Å². The molecule has 0 saturated carbocycles. The summed E-state index contributed by atoms with van der Waals surface area (Å²) >= 11 is 18.7. The SMILES string of the molecule is COc1ccc(C(C=O)c2c(Cl)cncc2Cl)c(OCCc2cccc(Cl)c2)c1OC. The summed E-state index contributed by atoms with van der Waals surface area (Å²) in [6, 6.07) is 11.0. The van der Waals surface area contributed by atoms with E-state index in [1.807, 2.05) is 24.3 Å². The molecule has 0 spiro atoms. The molecule has 0 aliphatic heterocycles. The van der Waals surface area contributed by atoms with Gasteiger partial charge in [-0.2, -0.15) is 0 Å². The average molecular weight is 481 g/mol. The van der Waals surface area contributed by atoms with Gasteiger partial charge in [-0.05, 0) is 23.8 Å². The number of methoxy groups -OCH3 is 2. The van der Waals surface area contributed by atoms with E-state index in [0.717, 1.165) is 11.8 Å². The molecule has 1 unspecified atom stereocenters. The first-order chi connectivity index (χ1) is 15.0. The Morgan fingerprint density at radius 2 is 1.74 bits per heavy atom. The second-order valence-electron chi connectivity index (χ2n) is 6.58. The van der Waals surface area contributed by atoms with Crippen molar-refractivity contribution in [2.75, 3.05) is 20.8 Å². The fourth-order valence-corrected chi connectivity index (χ4v) is 4.10. The highest BCUT2D eigenvalue weighted by Crippen LogP contribution is 2.45. The molecular weight excluding hydrogens is 461 g/mol. The molecule has 1 atom stereocenters. The van der Waals surface area contributed by atoms with Crippen LogP contribution in [0.25, 0.3) is 0 Å². The van der Waals surface area contributed by atoms with E-state index in [4.69, 9.17) is 49.0 Å². The number of ether oxygens (including phenoxy) is 3. The minimum atomic E-state index is -0.788. The Morgan fingerprint density at radius 3 is 2.35 bits per heavy atom. The lowest BCUT2D eigenvalue weighted by Crippen LogP contribution is -2.11. The summed E-state index contributed by atoms with van der Waals surface area (Å²) < 4.78 is 17.1. The van der Waals surface area contributed by atoms with Gasteiger partial charge in [0.05, 0.1) is 36.8 Å². The quantitative estimate of drug-likeness (QED) is 0.351. The van der Waals surface area contributed by atoms with E-state index < -0.39 is 5.92 Å². The number of hydrogen-bond donors (Lipinski definition) is 0. The van der Waals surface area contributed by atoms with Gasteiger partial charge in [0.25, 0.3) is 0 Å². The number of halogens is 3. The first-order valence-corrected chi connectivity index (χ1v) is 10.5. The van der Waals surface area contributed by atoms with Crippen LogP contribution in [0.15, 0.2) is 48.8 Å². The standard InChI is InChI=1S/C23H20Cl3NO4/c1-29-20-7-6-16(17(13-28)21-18(25)11-27-12-19(21)26)22(23(20)30-2)31-9-8-14-4-3-5-15(24)10-14/h3-7,10-13,17H,8-9H2,1-2H3. The van der Waals surface area contributed by atoms with Crippen molar-refractivity contribution in [3.63, 3.8) is 0 Å². The molecule has 3 aromatic rings. The molecule has 2 aromatic carbocycles. The summed E-state index contributed by atoms with van der Waals surface area (Å²) in [5.41, 5.74) is 2.01. The zero-order chi connectivity index (χ0) is 22.4. The van der Waals surface area contributed by atoms with Crippen LogP contribution in [-0.2, 0) is 11.2 Å². The van der Waals surface area contributed by atoms with Crippen LogP contribution in [0.3, 0.4) is 0 Å². The molecule has 5 nitrogen and oxygen atoms in total. The van der Waals surface area contributed by atoms with Gasteiger partial charge in [-0.1, -0.05) is 53.0 Å². The molecule has 31 heavy (non-hydrogen) atoms. The van der Waals surface area contributed by atoms with Crippen LogP contribution in [0.2, 0.25) is 15.1 Å². The third kappa shape index (κ3) is 5.24. The van der Waals surface area contributed by atoms with Gasteiger partial charge in [0.15, 0.2) is 11.5 Å². The normalized spacial score (nSPS) is 11.6. The zero-order valence-electron chi connectivity index (χ0n) is 16.9. The summed E-state index contributed by atoms with van der Waals surface area (Å²) in [5.74, 6) is 0.439. The van der Waals surface area contributed by atoms with E-state index in [1.165, 1.54) is 26.6 Å². The van der Waals surface area contributed by atoms with Crippen LogP contribution < -0.4 is 14.2 Å². The molecule has 0 N–H and O–H groups in total. The Labute approximate surface area is 195 Å². The van der Waals surface area contributed by atoms with E-state index >= 15 is 0 Å². The maximum Gasteiger partial charge on any atom is 0.203 e. The summed E-state index contributed by atoms with van der Waals surface area (Å²) in [6.45, 7) is 0.320. The van der Waals surface area contributed by atoms with Gasteiger partial charge in [-0.25, -0.2) is 0 Å². The second kappa shape index (κ2) is 10.7. The van der Waals surface area contributed by atoms with E-state index in [9.17, 15) is 4.79 Å². The minimum Gasteiger partial charge on any atom is -0.493 e. The average Bonchev–Trinajstić information content (AvgIpc) is 2.76. The largest absolute Gasteiger partial charge is 0.493 e. The molecule has 0 bridgehead atoms. The van der Waals surface area contributed by atoms with Crippen molar-refractivity contribution in [3.05, 3.63) is 80.6 Å². The third-order valence-electron chi connectivity index (χ3n) is 4.73. The highest BCUT2D eigenvalue weighted by Gasteiger charge is 2.27. The Kier molecular flexibility index (Phi) is 8.02. The number of carbonyl (C=O) groups is 1. The van der Waals surface area contributed by atoms with Gasteiger partial charge < -0.3 is 19.0 Å². The summed E-state index contributed by atoms with van der Waals surface area (Å²) in [4.78, 5) is 16.1. The Morgan fingerprint density at radius 1 is 1.00 bits per heavy atom. The molecular formula is C23H20Cl3NO4. The predicted molar refractivity (Wildman–Crippen MR) is 122 cm³/mol. The molecule has 0 aliphatic rings. The number of aromatic nitrogens is 1. The smallest absolute Gasteiger partial charge is 0.203 e. The minimum absolute atomic E-state index is 0.282. The van der Waals surface area contributed by atoms with Crippen LogP contribution in [0.4, 0.5) is 0 Å². The number of benzene rings is 2. The molecule has 0 fully saturated rings. The molecule has 1 heterocycles. The van der Waals surface area contributed by atoms with Gasteiger partial charge in [0.1, 0.15) is 6.29 Å². The number of rotatable bonds is 9. The van der Waals surface area contributed by atoms with Gasteiger partial charge in [-0.15, -0.1) is 0 Å². The molecule has 3 rings (SSSR count). The Hall–Kier alpha value is -2.47. The Bertz CT molecular complexity index is 1050. The van der Waals surface area contributed by atoms with Crippen LogP contribution in [0, 0.1) is 0 Å². The third-order valence-corrected chi connectivity index (χ3v) is 5.57. The maximum absolute atomic E-state index is 12.2. The molecule has 0 saturated heterocycles. The van der Waals surface area contributed by atoms with Crippen LogP contribution in [-0.4, -0.2) is 32.1 Å². The number of carbonyl (C=O) groups excluding carboxylic acids is 1. The van der Waals surface area contributed by atoms with Gasteiger partial charge in [0, 0.05) is 35.0 Å². The van der Waals surface area contributed by atoms with Crippen molar-refractivity contribution in [1.29, 1.82) is 0 Å². The lowest BCUT2D eigenvalue weighted by atomic mass is 9.92. The molecule has 0 amide bonds. The van der Waals surface area contributed by atoms with Crippen molar-refractivity contribution < 1.29 is 19.0 Å². The fourth-order valence-electron chi connectivity index (χ4n) is 3.29. The van der Waals surface area contributed by atoms with Crippen molar-refractivity contribution in [1.82, 2.24) is 4.98 Å². The van der Waals surface area contributed by atoms with Gasteiger partial charge in [0.2, 0.25) is 5.75 Å². The molecule has 0 radical (unpaired) electrons. The van der Waals surface area contributed by atoms with Crippen molar-refractivity contribution >= 4 is 41.1 Å². The monoisotopic (exact) mass is 479 g/mol. The second-order valence-corrected chi connectivity index (χ2v) is 7.83. The molecule has 162 valence electrons. The molecule has 0 aliphatic carbocycles. The van der Waals surface area contributed by atoms with Crippen molar-refractivity contribution in [2.45, 2.75) is 12.3 Å². The summed E-state index contributed by atoms with van der Waals surface area (Å²) in [5, 5.41) is 1.22. The van der Waals surface area contributed by atoms with Gasteiger partial charge in [-0.3, -0.25) is 4.98 Å². The topological polar surface area (TPSA) is 57.7 Å². The van der Waals surface area contributed by atoms with Crippen molar-refractivity contribution in [2.24, 2.45) is 0 Å². The highest BCUT2D eigenvalue weighted by molar-refractivity contribution is 6.36. The predicted octanol–water partition coefficient (Wildman–Crippen LogP) is 6.01. The summed E-state index contributed by atoms with van der Waals surface area (Å²) in [6.07, 6.45) is 4.25.